The molecule has 1 aliphatic heterocycles. The zero-order chi connectivity index (χ0) is 22.1. The van der Waals surface area contributed by atoms with E-state index in [0.717, 1.165) is 12.1 Å². The Balaban J connectivity index is 2.04. The highest BCUT2D eigenvalue weighted by atomic mass is 32.1. The van der Waals surface area contributed by atoms with Crippen LogP contribution in [0.3, 0.4) is 0 Å². The van der Waals surface area contributed by atoms with Gasteiger partial charge in [-0.15, -0.1) is 0 Å². The third-order valence-electron chi connectivity index (χ3n) is 4.90. The Labute approximate surface area is 177 Å². The van der Waals surface area contributed by atoms with Gasteiger partial charge in [0.15, 0.2) is 5.11 Å². The molecule has 0 aromatic heterocycles. The summed E-state index contributed by atoms with van der Waals surface area (Å²) in [4.78, 5) is 14.8. The van der Waals surface area contributed by atoms with Gasteiger partial charge in [0.1, 0.15) is 5.75 Å². The second-order valence-corrected chi connectivity index (χ2v) is 7.10. The minimum absolute atomic E-state index is 0.260. The number of alkyl halides is 3. The van der Waals surface area contributed by atoms with Gasteiger partial charge in [0, 0.05) is 12.7 Å². The first kappa shape index (κ1) is 21.6. The largest absolute Gasteiger partial charge is 0.495 e. The van der Waals surface area contributed by atoms with E-state index in [1.807, 2.05) is 0 Å². The van der Waals surface area contributed by atoms with E-state index in [4.69, 9.17) is 17.0 Å². The van der Waals surface area contributed by atoms with Gasteiger partial charge < -0.3 is 20.3 Å². The van der Waals surface area contributed by atoms with Crippen LogP contribution in [-0.2, 0) is 11.0 Å². The van der Waals surface area contributed by atoms with Gasteiger partial charge in [-0.2, -0.15) is 13.2 Å². The van der Waals surface area contributed by atoms with Crippen LogP contribution in [0.2, 0.25) is 0 Å². The van der Waals surface area contributed by atoms with Crippen LogP contribution in [0.4, 0.5) is 18.9 Å². The molecule has 0 radical (unpaired) electrons. The number of methoxy groups -OCH3 is 1. The first-order chi connectivity index (χ1) is 14.1. The van der Waals surface area contributed by atoms with Crippen molar-refractivity contribution in [3.8, 4) is 5.75 Å². The summed E-state index contributed by atoms with van der Waals surface area (Å²) in [6, 6.07) is 10.9. The SMILES string of the molecule is COc1ccccc1NC(=O)C1=C(C)N(C)C(=S)NC1c1cccc(C(F)(F)F)c1. The van der Waals surface area contributed by atoms with Crippen molar-refractivity contribution in [2.45, 2.75) is 19.1 Å². The molecule has 0 bridgehead atoms. The lowest BCUT2D eigenvalue weighted by Crippen LogP contribution is -2.46. The molecule has 0 saturated carbocycles. The summed E-state index contributed by atoms with van der Waals surface area (Å²) in [5.74, 6) is -0.00590. The summed E-state index contributed by atoms with van der Waals surface area (Å²) in [6.45, 7) is 1.70. The van der Waals surface area contributed by atoms with E-state index in [-0.39, 0.29) is 11.1 Å². The number of ether oxygens (including phenoxy) is 1. The Bertz CT molecular complexity index is 1020. The number of carbonyl (C=O) groups excluding carboxylic acids is 1. The van der Waals surface area contributed by atoms with Gasteiger partial charge >= 0.3 is 6.18 Å². The van der Waals surface area contributed by atoms with Crippen LogP contribution >= 0.6 is 12.2 Å². The number of halogens is 3. The number of hydrogen-bond donors (Lipinski definition) is 2. The molecule has 1 heterocycles. The Morgan fingerprint density at radius 3 is 2.57 bits per heavy atom. The van der Waals surface area contributed by atoms with Crippen molar-refractivity contribution in [2.24, 2.45) is 0 Å². The number of thiocarbonyl (C=S) groups is 1. The Morgan fingerprint density at radius 1 is 1.20 bits per heavy atom. The lowest BCUT2D eigenvalue weighted by molar-refractivity contribution is -0.137. The van der Waals surface area contributed by atoms with Crippen LogP contribution in [0.15, 0.2) is 59.8 Å². The van der Waals surface area contributed by atoms with E-state index in [9.17, 15) is 18.0 Å². The second kappa shape index (κ2) is 8.35. The average molecular weight is 435 g/mol. The molecule has 3 rings (SSSR count). The Hall–Kier alpha value is -3.07. The zero-order valence-electron chi connectivity index (χ0n) is 16.5. The quantitative estimate of drug-likeness (QED) is 0.694. The maximum atomic E-state index is 13.2. The summed E-state index contributed by atoms with van der Waals surface area (Å²) >= 11 is 5.30. The molecule has 1 atom stereocenters. The molecule has 0 aliphatic carbocycles. The second-order valence-electron chi connectivity index (χ2n) is 6.72. The van der Waals surface area contributed by atoms with Crippen molar-refractivity contribution in [3.63, 3.8) is 0 Å². The smallest absolute Gasteiger partial charge is 0.416 e. The monoisotopic (exact) mass is 435 g/mol. The molecule has 2 aromatic carbocycles. The van der Waals surface area contributed by atoms with Crippen molar-refractivity contribution in [2.75, 3.05) is 19.5 Å². The molecular weight excluding hydrogens is 415 g/mol. The predicted octanol–water partition coefficient (Wildman–Crippen LogP) is 4.49. The molecule has 2 aromatic rings. The molecule has 1 unspecified atom stereocenters. The number of benzene rings is 2. The number of rotatable bonds is 4. The van der Waals surface area contributed by atoms with E-state index in [1.165, 1.54) is 19.2 Å². The molecule has 2 N–H and O–H groups in total. The highest BCUT2D eigenvalue weighted by Crippen LogP contribution is 2.35. The highest BCUT2D eigenvalue weighted by Gasteiger charge is 2.35. The maximum absolute atomic E-state index is 13.2. The molecule has 9 heteroatoms. The van der Waals surface area contributed by atoms with Crippen LogP contribution in [0.25, 0.3) is 0 Å². The summed E-state index contributed by atoms with van der Waals surface area (Å²) in [5.41, 5.74) is 0.729. The number of anilines is 1. The number of carbonyl (C=O) groups is 1. The lowest BCUT2D eigenvalue weighted by atomic mass is 9.93. The van der Waals surface area contributed by atoms with Crippen molar-refractivity contribution in [3.05, 3.63) is 70.9 Å². The van der Waals surface area contributed by atoms with Crippen molar-refractivity contribution >= 4 is 28.9 Å². The summed E-state index contributed by atoms with van der Waals surface area (Å²) in [6.07, 6.45) is -4.50. The first-order valence-corrected chi connectivity index (χ1v) is 9.40. The number of allylic oxidation sites excluding steroid dienone is 1. The molecule has 30 heavy (non-hydrogen) atoms. The lowest BCUT2D eigenvalue weighted by Gasteiger charge is -2.36. The van der Waals surface area contributed by atoms with Gasteiger partial charge in [-0.1, -0.05) is 24.3 Å². The zero-order valence-corrected chi connectivity index (χ0v) is 17.3. The van der Waals surface area contributed by atoms with E-state index in [0.29, 0.717) is 22.2 Å². The fourth-order valence-electron chi connectivity index (χ4n) is 3.21. The molecule has 158 valence electrons. The third-order valence-corrected chi connectivity index (χ3v) is 5.29. The predicted molar refractivity (Wildman–Crippen MR) is 112 cm³/mol. The van der Waals surface area contributed by atoms with Crippen molar-refractivity contribution in [1.29, 1.82) is 0 Å². The van der Waals surface area contributed by atoms with Crippen molar-refractivity contribution < 1.29 is 22.7 Å². The normalized spacial score (nSPS) is 16.9. The van der Waals surface area contributed by atoms with Crippen LogP contribution < -0.4 is 15.4 Å². The Morgan fingerprint density at radius 2 is 1.90 bits per heavy atom. The molecule has 0 saturated heterocycles. The summed E-state index contributed by atoms with van der Waals surface area (Å²) in [7, 11) is 3.17. The summed E-state index contributed by atoms with van der Waals surface area (Å²) in [5, 5.41) is 6.07. The van der Waals surface area contributed by atoms with E-state index < -0.39 is 23.7 Å². The highest BCUT2D eigenvalue weighted by molar-refractivity contribution is 7.80. The minimum Gasteiger partial charge on any atom is -0.495 e. The summed E-state index contributed by atoms with van der Waals surface area (Å²) < 4.78 is 44.9. The van der Waals surface area contributed by atoms with Gasteiger partial charge in [0.25, 0.3) is 5.91 Å². The van der Waals surface area contributed by atoms with Crippen LogP contribution in [0, 0.1) is 0 Å². The fraction of sp³-hybridized carbons (Fsp3) is 0.238. The standard InChI is InChI=1S/C21H20F3N3O2S/c1-12-17(19(28)25-15-9-4-5-10-16(15)29-3)18(26-20(30)27(12)2)13-7-6-8-14(11-13)21(22,23)24/h4-11,18H,1-3H3,(H,25,28)(H,26,30). The average Bonchev–Trinajstić information content (AvgIpc) is 2.71. The maximum Gasteiger partial charge on any atom is 0.416 e. The molecule has 0 spiro atoms. The van der Waals surface area contributed by atoms with Gasteiger partial charge in [-0.05, 0) is 49.0 Å². The van der Waals surface area contributed by atoms with Crippen molar-refractivity contribution in [1.82, 2.24) is 10.2 Å². The topological polar surface area (TPSA) is 53.6 Å². The fourth-order valence-corrected chi connectivity index (χ4v) is 3.47. The minimum atomic E-state index is -4.50. The van der Waals surface area contributed by atoms with Gasteiger partial charge in [0.2, 0.25) is 0 Å². The van der Waals surface area contributed by atoms with E-state index in [1.54, 1.807) is 43.1 Å². The number of amides is 1. The number of hydrogen-bond acceptors (Lipinski definition) is 3. The number of para-hydroxylation sites is 2. The number of nitrogens with one attached hydrogen (secondary N) is 2. The van der Waals surface area contributed by atoms with Gasteiger partial charge in [-0.25, -0.2) is 0 Å². The van der Waals surface area contributed by atoms with Gasteiger partial charge in [0.05, 0.1) is 30.0 Å². The van der Waals surface area contributed by atoms with Crippen LogP contribution in [0.5, 0.6) is 5.75 Å². The van der Waals surface area contributed by atoms with Crippen LogP contribution in [-0.4, -0.2) is 30.1 Å². The number of nitrogens with zero attached hydrogens (tertiary/aromatic N) is 1. The third kappa shape index (κ3) is 4.25. The molecule has 0 fully saturated rings. The Kier molecular flexibility index (Phi) is 6.02. The van der Waals surface area contributed by atoms with E-state index in [2.05, 4.69) is 10.6 Å². The van der Waals surface area contributed by atoms with Gasteiger partial charge in [-0.3, -0.25) is 4.79 Å². The molecule has 1 amide bonds. The molecular formula is C21H20F3N3O2S. The molecule has 5 nitrogen and oxygen atoms in total. The molecule has 1 aliphatic rings. The van der Waals surface area contributed by atoms with E-state index >= 15 is 0 Å². The first-order valence-electron chi connectivity index (χ1n) is 9.00. The van der Waals surface area contributed by atoms with Crippen LogP contribution in [0.1, 0.15) is 24.1 Å².